The molecule has 1 atom stereocenters. The van der Waals surface area contributed by atoms with Crippen molar-refractivity contribution in [3.63, 3.8) is 0 Å². The number of nitrogens with zero attached hydrogens (tertiary/aromatic N) is 4. The molecule has 28 heavy (non-hydrogen) atoms. The van der Waals surface area contributed by atoms with Crippen LogP contribution >= 0.6 is 0 Å². The Bertz CT molecular complexity index is 947. The minimum absolute atomic E-state index is 0.0886. The van der Waals surface area contributed by atoms with E-state index in [1.165, 1.54) is 12.8 Å². The molecule has 1 aliphatic carbocycles. The van der Waals surface area contributed by atoms with E-state index in [1.54, 1.807) is 31.2 Å². The van der Waals surface area contributed by atoms with E-state index in [0.29, 0.717) is 16.5 Å². The minimum atomic E-state index is -0.662. The summed E-state index contributed by atoms with van der Waals surface area (Å²) in [5, 5.41) is 15.3. The first-order chi connectivity index (χ1) is 13.5. The molecule has 4 rings (SSSR count). The SMILES string of the molecule is C[C@H](NC(=O)c1noc(-c2cccc(C#N)c2)n1)C(=O)N1CCC2(CC1)CC2. The van der Waals surface area contributed by atoms with E-state index >= 15 is 0 Å². The summed E-state index contributed by atoms with van der Waals surface area (Å²) in [6, 6.07) is 8.04. The van der Waals surface area contributed by atoms with Crippen molar-refractivity contribution in [2.45, 2.75) is 38.6 Å². The minimum Gasteiger partial charge on any atom is -0.341 e. The number of amides is 2. The van der Waals surface area contributed by atoms with Crippen molar-refractivity contribution in [3.8, 4) is 17.5 Å². The average Bonchev–Trinajstić information content (AvgIpc) is 3.28. The Labute approximate surface area is 162 Å². The van der Waals surface area contributed by atoms with Crippen LogP contribution in [0.25, 0.3) is 11.5 Å². The molecule has 8 heteroatoms. The number of nitrogens with one attached hydrogen (secondary N) is 1. The Morgan fingerprint density at radius 3 is 2.71 bits per heavy atom. The normalized spacial score (nSPS) is 18.4. The van der Waals surface area contributed by atoms with Crippen molar-refractivity contribution < 1.29 is 14.1 Å². The molecule has 2 aliphatic rings. The molecule has 0 unspecified atom stereocenters. The molecule has 2 heterocycles. The number of benzene rings is 1. The lowest BCUT2D eigenvalue weighted by Crippen LogP contribution is -2.49. The van der Waals surface area contributed by atoms with E-state index in [2.05, 4.69) is 15.5 Å². The molecule has 1 saturated carbocycles. The maximum Gasteiger partial charge on any atom is 0.293 e. The predicted molar refractivity (Wildman–Crippen MR) is 98.9 cm³/mol. The summed E-state index contributed by atoms with van der Waals surface area (Å²) < 4.78 is 5.13. The third-order valence-electron chi connectivity index (χ3n) is 5.68. The Kier molecular flexibility index (Phi) is 4.59. The van der Waals surface area contributed by atoms with Crippen LogP contribution in [0.15, 0.2) is 28.8 Å². The fourth-order valence-electron chi connectivity index (χ4n) is 3.63. The standard InChI is InChI=1S/C20H21N5O3/c1-13(19(27)25-9-7-20(5-6-20)8-10-25)22-17(26)16-23-18(28-24-16)15-4-2-3-14(11-15)12-21/h2-4,11,13H,5-10H2,1H3,(H,22,26)/t13-/m0/s1. The first-order valence-electron chi connectivity index (χ1n) is 9.44. The number of carbonyl (C=O) groups excluding carboxylic acids is 2. The van der Waals surface area contributed by atoms with Gasteiger partial charge in [0.05, 0.1) is 11.6 Å². The number of piperidine rings is 1. The fraction of sp³-hybridized carbons (Fsp3) is 0.450. The Hall–Kier alpha value is -3.21. The van der Waals surface area contributed by atoms with E-state index in [4.69, 9.17) is 9.78 Å². The predicted octanol–water partition coefficient (Wildman–Crippen LogP) is 2.13. The molecule has 2 amide bonds. The lowest BCUT2D eigenvalue weighted by atomic mass is 9.93. The van der Waals surface area contributed by atoms with Crippen LogP contribution < -0.4 is 5.32 Å². The summed E-state index contributed by atoms with van der Waals surface area (Å²) in [5.74, 6) is -0.656. The number of hydrogen-bond acceptors (Lipinski definition) is 6. The zero-order valence-electron chi connectivity index (χ0n) is 15.6. The van der Waals surface area contributed by atoms with Crippen molar-refractivity contribution in [3.05, 3.63) is 35.7 Å². The molecule has 1 aliphatic heterocycles. The summed E-state index contributed by atoms with van der Waals surface area (Å²) in [7, 11) is 0. The molecule has 1 N–H and O–H groups in total. The highest BCUT2D eigenvalue weighted by Crippen LogP contribution is 2.53. The summed E-state index contributed by atoms with van der Waals surface area (Å²) in [4.78, 5) is 30.9. The van der Waals surface area contributed by atoms with Gasteiger partial charge in [-0.3, -0.25) is 9.59 Å². The van der Waals surface area contributed by atoms with Gasteiger partial charge < -0.3 is 14.7 Å². The number of hydrogen-bond donors (Lipinski definition) is 1. The van der Waals surface area contributed by atoms with Gasteiger partial charge in [-0.15, -0.1) is 0 Å². The zero-order valence-corrected chi connectivity index (χ0v) is 15.6. The van der Waals surface area contributed by atoms with Gasteiger partial charge in [-0.25, -0.2) is 0 Å². The van der Waals surface area contributed by atoms with Gasteiger partial charge in [0.15, 0.2) is 0 Å². The van der Waals surface area contributed by atoms with E-state index in [1.807, 2.05) is 11.0 Å². The highest BCUT2D eigenvalue weighted by Gasteiger charge is 2.45. The van der Waals surface area contributed by atoms with Crippen LogP contribution in [-0.2, 0) is 4.79 Å². The summed E-state index contributed by atoms with van der Waals surface area (Å²) >= 11 is 0. The van der Waals surface area contributed by atoms with E-state index < -0.39 is 11.9 Å². The van der Waals surface area contributed by atoms with Crippen molar-refractivity contribution in [1.82, 2.24) is 20.4 Å². The largest absolute Gasteiger partial charge is 0.341 e. The third kappa shape index (κ3) is 3.60. The topological polar surface area (TPSA) is 112 Å². The van der Waals surface area contributed by atoms with Crippen LogP contribution in [-0.4, -0.2) is 46.0 Å². The van der Waals surface area contributed by atoms with Crippen LogP contribution in [0.1, 0.15) is 48.8 Å². The zero-order chi connectivity index (χ0) is 19.7. The van der Waals surface area contributed by atoms with Crippen LogP contribution in [0.3, 0.4) is 0 Å². The maximum absolute atomic E-state index is 12.6. The van der Waals surface area contributed by atoms with Gasteiger partial charge in [-0.05, 0) is 56.2 Å². The average molecular weight is 379 g/mol. The highest BCUT2D eigenvalue weighted by atomic mass is 16.5. The summed E-state index contributed by atoms with van der Waals surface area (Å²) in [6.45, 7) is 3.17. The molecule has 1 aromatic heterocycles. The van der Waals surface area contributed by atoms with Crippen molar-refractivity contribution in [2.24, 2.45) is 5.41 Å². The van der Waals surface area contributed by atoms with Crippen molar-refractivity contribution in [1.29, 1.82) is 5.26 Å². The van der Waals surface area contributed by atoms with Crippen LogP contribution in [0.2, 0.25) is 0 Å². The fourth-order valence-corrected chi connectivity index (χ4v) is 3.63. The first kappa shape index (κ1) is 18.2. The second-order valence-electron chi connectivity index (χ2n) is 7.64. The second-order valence-corrected chi connectivity index (χ2v) is 7.64. The Morgan fingerprint density at radius 2 is 2.04 bits per heavy atom. The molecule has 0 radical (unpaired) electrons. The molecule has 2 aromatic rings. The summed E-state index contributed by atoms with van der Waals surface area (Å²) in [5.41, 5.74) is 1.50. The molecule has 0 bridgehead atoms. The van der Waals surface area contributed by atoms with Gasteiger partial charge in [-0.2, -0.15) is 10.2 Å². The number of likely N-dealkylation sites (tertiary alicyclic amines) is 1. The highest BCUT2D eigenvalue weighted by molar-refractivity contribution is 5.94. The molecule has 144 valence electrons. The molecular weight excluding hydrogens is 358 g/mol. The van der Waals surface area contributed by atoms with Gasteiger partial charge in [0.2, 0.25) is 5.91 Å². The number of carbonyl (C=O) groups is 2. The Morgan fingerprint density at radius 1 is 1.29 bits per heavy atom. The van der Waals surface area contributed by atoms with E-state index in [0.717, 1.165) is 25.9 Å². The Balaban J connectivity index is 1.37. The van der Waals surface area contributed by atoms with E-state index in [-0.39, 0.29) is 17.6 Å². The second kappa shape index (κ2) is 7.08. The quantitative estimate of drug-likeness (QED) is 0.871. The molecule has 1 aromatic carbocycles. The van der Waals surface area contributed by atoms with Gasteiger partial charge >= 0.3 is 0 Å². The van der Waals surface area contributed by atoms with Crippen molar-refractivity contribution >= 4 is 11.8 Å². The number of aromatic nitrogens is 2. The van der Waals surface area contributed by atoms with Gasteiger partial charge in [0.25, 0.3) is 17.6 Å². The lowest BCUT2D eigenvalue weighted by molar-refractivity contribution is -0.134. The molecule has 1 spiro atoms. The van der Waals surface area contributed by atoms with Crippen molar-refractivity contribution in [2.75, 3.05) is 13.1 Å². The van der Waals surface area contributed by atoms with Crippen LogP contribution in [0.5, 0.6) is 0 Å². The number of nitriles is 1. The van der Waals surface area contributed by atoms with Gasteiger partial charge in [-0.1, -0.05) is 11.2 Å². The van der Waals surface area contributed by atoms with E-state index in [9.17, 15) is 9.59 Å². The number of rotatable bonds is 4. The smallest absolute Gasteiger partial charge is 0.293 e. The monoisotopic (exact) mass is 379 g/mol. The molecule has 8 nitrogen and oxygen atoms in total. The molecular formula is C20H21N5O3. The summed E-state index contributed by atoms with van der Waals surface area (Å²) in [6.07, 6.45) is 4.66. The molecule has 1 saturated heterocycles. The first-order valence-corrected chi connectivity index (χ1v) is 9.44. The third-order valence-corrected chi connectivity index (χ3v) is 5.68. The van der Waals surface area contributed by atoms with Gasteiger partial charge in [0.1, 0.15) is 6.04 Å². The lowest BCUT2D eigenvalue weighted by Gasteiger charge is -2.33. The molecule has 2 fully saturated rings. The van der Waals surface area contributed by atoms with Gasteiger partial charge in [0, 0.05) is 18.7 Å². The van der Waals surface area contributed by atoms with Crippen LogP contribution in [0.4, 0.5) is 0 Å². The maximum atomic E-state index is 12.6. The van der Waals surface area contributed by atoms with Crippen LogP contribution in [0, 0.1) is 16.7 Å².